The van der Waals surface area contributed by atoms with Crippen molar-refractivity contribution in [1.82, 2.24) is 14.5 Å². The molecular weight excluding hydrogens is 306 g/mol. The van der Waals surface area contributed by atoms with Crippen LogP contribution in [-0.4, -0.2) is 14.5 Å². The predicted octanol–water partition coefficient (Wildman–Crippen LogP) is 4.24. The number of imidazole rings is 1. The third-order valence-electron chi connectivity index (χ3n) is 3.00. The minimum Gasteiger partial charge on any atom is -0.329 e. The molecule has 0 fully saturated rings. The lowest BCUT2D eigenvalue weighted by atomic mass is 10.1. The van der Waals surface area contributed by atoms with Gasteiger partial charge in [-0.1, -0.05) is 0 Å². The van der Waals surface area contributed by atoms with E-state index < -0.39 is 17.6 Å². The number of aromatic amines is 1. The molecule has 108 valence electrons. The third kappa shape index (κ3) is 2.31. The standard InChI is InChI=1S/C13H7F4N3S/c14-9-2-1-7(5-8(9)13(15,16)17)20-11-3-4-18-6-10(11)19-12(20)21/h1-6H,(H,19,21). The third-order valence-corrected chi connectivity index (χ3v) is 3.28. The van der Waals surface area contributed by atoms with Gasteiger partial charge in [-0.2, -0.15) is 13.2 Å². The normalized spacial score (nSPS) is 12.0. The van der Waals surface area contributed by atoms with Crippen molar-refractivity contribution < 1.29 is 17.6 Å². The Morgan fingerprint density at radius 3 is 2.67 bits per heavy atom. The van der Waals surface area contributed by atoms with Gasteiger partial charge in [-0.25, -0.2) is 4.39 Å². The highest BCUT2D eigenvalue weighted by atomic mass is 32.1. The summed E-state index contributed by atoms with van der Waals surface area (Å²) in [5, 5.41) is 0. The molecule has 3 rings (SSSR count). The SMILES string of the molecule is Fc1ccc(-n2c(=S)[nH]c3cnccc32)cc1C(F)(F)F. The number of benzene rings is 1. The summed E-state index contributed by atoms with van der Waals surface area (Å²) in [6, 6.07) is 4.37. The summed E-state index contributed by atoms with van der Waals surface area (Å²) in [4.78, 5) is 6.74. The van der Waals surface area contributed by atoms with Crippen LogP contribution in [0.15, 0.2) is 36.7 Å². The fourth-order valence-corrected chi connectivity index (χ4v) is 2.40. The van der Waals surface area contributed by atoms with Gasteiger partial charge in [-0.05, 0) is 36.5 Å². The van der Waals surface area contributed by atoms with Crippen molar-refractivity contribution in [2.24, 2.45) is 0 Å². The van der Waals surface area contributed by atoms with E-state index in [1.54, 1.807) is 6.07 Å². The molecule has 0 spiro atoms. The molecular formula is C13H7F4N3S. The van der Waals surface area contributed by atoms with E-state index in [0.717, 1.165) is 12.1 Å². The molecule has 0 aliphatic carbocycles. The first-order valence-corrected chi connectivity index (χ1v) is 6.20. The smallest absolute Gasteiger partial charge is 0.329 e. The van der Waals surface area contributed by atoms with Gasteiger partial charge in [0.2, 0.25) is 0 Å². The van der Waals surface area contributed by atoms with Crippen LogP contribution in [0.1, 0.15) is 5.56 Å². The lowest BCUT2D eigenvalue weighted by Crippen LogP contribution is -2.09. The molecule has 0 saturated heterocycles. The van der Waals surface area contributed by atoms with Crippen molar-refractivity contribution in [1.29, 1.82) is 0 Å². The molecule has 21 heavy (non-hydrogen) atoms. The highest BCUT2D eigenvalue weighted by Gasteiger charge is 2.34. The molecule has 1 N–H and O–H groups in total. The second-order valence-electron chi connectivity index (χ2n) is 4.32. The van der Waals surface area contributed by atoms with Crippen LogP contribution >= 0.6 is 12.2 Å². The zero-order chi connectivity index (χ0) is 15.2. The monoisotopic (exact) mass is 313 g/mol. The molecule has 0 saturated carbocycles. The summed E-state index contributed by atoms with van der Waals surface area (Å²) in [5.41, 5.74) is -0.0494. The van der Waals surface area contributed by atoms with Gasteiger partial charge in [0.1, 0.15) is 5.82 Å². The fourth-order valence-electron chi connectivity index (χ4n) is 2.08. The highest BCUT2D eigenvalue weighted by Crippen LogP contribution is 2.33. The maximum Gasteiger partial charge on any atom is 0.419 e. The van der Waals surface area contributed by atoms with E-state index in [1.807, 2.05) is 0 Å². The number of alkyl halides is 3. The van der Waals surface area contributed by atoms with Crippen LogP contribution in [0.5, 0.6) is 0 Å². The average molecular weight is 313 g/mol. The molecule has 3 nitrogen and oxygen atoms in total. The Kier molecular flexibility index (Phi) is 3.05. The molecule has 0 aliphatic heterocycles. The van der Waals surface area contributed by atoms with Crippen LogP contribution in [0.2, 0.25) is 0 Å². The number of nitrogens with one attached hydrogen (secondary N) is 1. The van der Waals surface area contributed by atoms with Crippen molar-refractivity contribution in [3.63, 3.8) is 0 Å². The maximum absolute atomic E-state index is 13.3. The Morgan fingerprint density at radius 2 is 1.95 bits per heavy atom. The van der Waals surface area contributed by atoms with Crippen molar-refractivity contribution in [2.45, 2.75) is 6.18 Å². The lowest BCUT2D eigenvalue weighted by Gasteiger charge is -2.11. The first kappa shape index (κ1) is 13.7. The van der Waals surface area contributed by atoms with Gasteiger partial charge in [-0.15, -0.1) is 0 Å². The zero-order valence-electron chi connectivity index (χ0n) is 10.3. The van der Waals surface area contributed by atoms with Gasteiger partial charge in [0.05, 0.1) is 22.8 Å². The first-order chi connectivity index (χ1) is 9.88. The minimum atomic E-state index is -4.77. The largest absolute Gasteiger partial charge is 0.419 e. The average Bonchev–Trinajstić information content (AvgIpc) is 2.74. The Hall–Kier alpha value is -2.22. The van der Waals surface area contributed by atoms with Gasteiger partial charge in [0.15, 0.2) is 4.77 Å². The van der Waals surface area contributed by atoms with Gasteiger partial charge in [0.25, 0.3) is 0 Å². The Labute approximate surface area is 120 Å². The Morgan fingerprint density at radius 1 is 1.19 bits per heavy atom. The number of fused-ring (bicyclic) bond motifs is 1. The molecule has 0 atom stereocenters. The summed E-state index contributed by atoms with van der Waals surface area (Å²) in [6.45, 7) is 0. The summed E-state index contributed by atoms with van der Waals surface area (Å²) < 4.78 is 53.3. The molecule has 0 aliphatic rings. The van der Waals surface area contributed by atoms with Crippen LogP contribution in [0.4, 0.5) is 17.6 Å². The number of pyridine rings is 1. The maximum atomic E-state index is 13.3. The van der Waals surface area contributed by atoms with E-state index in [1.165, 1.54) is 23.0 Å². The minimum absolute atomic E-state index is 0.131. The number of hydrogen-bond donors (Lipinski definition) is 1. The number of nitrogens with zero attached hydrogens (tertiary/aromatic N) is 2. The van der Waals surface area contributed by atoms with Crippen molar-refractivity contribution in [2.75, 3.05) is 0 Å². The Balaban J connectivity index is 2.29. The van der Waals surface area contributed by atoms with Crippen LogP contribution in [0.25, 0.3) is 16.7 Å². The van der Waals surface area contributed by atoms with E-state index in [2.05, 4.69) is 9.97 Å². The number of aromatic nitrogens is 3. The number of H-pyrrole nitrogens is 1. The summed E-state index contributed by atoms with van der Waals surface area (Å²) in [7, 11) is 0. The summed E-state index contributed by atoms with van der Waals surface area (Å²) in [5.74, 6) is -1.32. The molecule has 0 bridgehead atoms. The van der Waals surface area contributed by atoms with Gasteiger partial charge in [-0.3, -0.25) is 9.55 Å². The first-order valence-electron chi connectivity index (χ1n) is 5.80. The zero-order valence-corrected chi connectivity index (χ0v) is 11.1. The van der Waals surface area contributed by atoms with E-state index in [9.17, 15) is 17.6 Å². The second kappa shape index (κ2) is 4.66. The number of halogens is 4. The molecule has 8 heteroatoms. The lowest BCUT2D eigenvalue weighted by molar-refractivity contribution is -0.140. The summed E-state index contributed by atoms with van der Waals surface area (Å²) in [6.07, 6.45) is -1.76. The molecule has 3 aromatic rings. The number of hydrogen-bond acceptors (Lipinski definition) is 2. The topological polar surface area (TPSA) is 33.6 Å². The molecule has 0 amide bonds. The predicted molar refractivity (Wildman–Crippen MR) is 71.2 cm³/mol. The van der Waals surface area contributed by atoms with Crippen molar-refractivity contribution in [3.8, 4) is 5.69 Å². The van der Waals surface area contributed by atoms with E-state index >= 15 is 0 Å². The van der Waals surface area contributed by atoms with Gasteiger partial charge < -0.3 is 4.98 Å². The van der Waals surface area contributed by atoms with Crippen molar-refractivity contribution >= 4 is 23.3 Å². The second-order valence-corrected chi connectivity index (χ2v) is 4.71. The highest BCUT2D eigenvalue weighted by molar-refractivity contribution is 7.71. The fraction of sp³-hybridized carbons (Fsp3) is 0.0769. The summed E-state index contributed by atoms with van der Waals surface area (Å²) >= 11 is 5.11. The molecule has 1 aromatic carbocycles. The Bertz CT molecular complexity index is 879. The van der Waals surface area contributed by atoms with E-state index in [4.69, 9.17) is 12.2 Å². The van der Waals surface area contributed by atoms with Crippen LogP contribution in [-0.2, 0) is 6.18 Å². The number of rotatable bonds is 1. The molecule has 2 aromatic heterocycles. The molecule has 2 heterocycles. The van der Waals surface area contributed by atoms with Gasteiger partial charge >= 0.3 is 6.18 Å². The van der Waals surface area contributed by atoms with Crippen molar-refractivity contribution in [3.05, 3.63) is 52.8 Å². The van der Waals surface area contributed by atoms with E-state index in [-0.39, 0.29) is 10.5 Å². The van der Waals surface area contributed by atoms with Crippen LogP contribution in [0.3, 0.4) is 0 Å². The van der Waals surface area contributed by atoms with Crippen LogP contribution < -0.4 is 0 Å². The molecule has 0 unspecified atom stereocenters. The van der Waals surface area contributed by atoms with Crippen LogP contribution in [0, 0.1) is 10.6 Å². The van der Waals surface area contributed by atoms with Gasteiger partial charge in [0, 0.05) is 11.9 Å². The van der Waals surface area contributed by atoms with E-state index in [0.29, 0.717) is 11.0 Å². The molecule has 0 radical (unpaired) electrons. The quantitative estimate of drug-likeness (QED) is 0.538.